The van der Waals surface area contributed by atoms with E-state index in [9.17, 15) is 9.59 Å². The SMILES string of the molecule is O=C(Nc1cc(NC(=O)c2c(Cl)cccc2Cl)ccn1)c1ccno1. The summed E-state index contributed by atoms with van der Waals surface area (Å²) in [6.07, 6.45) is 2.78. The average molecular weight is 377 g/mol. The van der Waals surface area contributed by atoms with Crippen LogP contribution in [0.15, 0.2) is 53.3 Å². The number of benzene rings is 1. The Morgan fingerprint density at radius 3 is 2.40 bits per heavy atom. The first kappa shape index (κ1) is 16.9. The third-order valence-electron chi connectivity index (χ3n) is 3.11. The van der Waals surface area contributed by atoms with Crippen LogP contribution in [0.2, 0.25) is 10.0 Å². The van der Waals surface area contributed by atoms with Crippen molar-refractivity contribution in [1.29, 1.82) is 0 Å². The van der Waals surface area contributed by atoms with Crippen LogP contribution in [0.5, 0.6) is 0 Å². The number of amides is 2. The largest absolute Gasteiger partial charge is 0.351 e. The molecule has 25 heavy (non-hydrogen) atoms. The maximum atomic E-state index is 12.4. The number of nitrogens with one attached hydrogen (secondary N) is 2. The number of carbonyl (C=O) groups is 2. The van der Waals surface area contributed by atoms with E-state index in [1.54, 1.807) is 24.3 Å². The zero-order valence-corrected chi connectivity index (χ0v) is 14.0. The van der Waals surface area contributed by atoms with Crippen molar-refractivity contribution in [2.75, 3.05) is 10.6 Å². The van der Waals surface area contributed by atoms with Crippen LogP contribution in [0.25, 0.3) is 0 Å². The molecule has 0 bridgehead atoms. The number of pyridine rings is 1. The zero-order chi connectivity index (χ0) is 17.8. The summed E-state index contributed by atoms with van der Waals surface area (Å²) in [6, 6.07) is 9.24. The number of aromatic nitrogens is 2. The minimum Gasteiger partial charge on any atom is -0.351 e. The first-order valence-electron chi connectivity index (χ1n) is 6.98. The lowest BCUT2D eigenvalue weighted by molar-refractivity contribution is 0.0986. The molecule has 2 heterocycles. The van der Waals surface area contributed by atoms with E-state index in [4.69, 9.17) is 27.7 Å². The van der Waals surface area contributed by atoms with Gasteiger partial charge in [0.25, 0.3) is 11.8 Å². The summed E-state index contributed by atoms with van der Waals surface area (Å²) in [5.41, 5.74) is 0.568. The molecule has 1 aromatic carbocycles. The van der Waals surface area contributed by atoms with Crippen LogP contribution in [0.3, 0.4) is 0 Å². The first-order valence-corrected chi connectivity index (χ1v) is 7.73. The number of nitrogens with zero attached hydrogens (tertiary/aromatic N) is 2. The number of rotatable bonds is 4. The maximum Gasteiger partial charge on any atom is 0.295 e. The van der Waals surface area contributed by atoms with Gasteiger partial charge in [-0.1, -0.05) is 34.4 Å². The molecule has 0 unspecified atom stereocenters. The van der Waals surface area contributed by atoms with Crippen LogP contribution < -0.4 is 10.6 Å². The molecule has 9 heteroatoms. The van der Waals surface area contributed by atoms with Crippen LogP contribution in [0, 0.1) is 0 Å². The molecule has 0 saturated carbocycles. The highest BCUT2D eigenvalue weighted by molar-refractivity contribution is 6.40. The van der Waals surface area contributed by atoms with Crippen LogP contribution >= 0.6 is 23.2 Å². The fraction of sp³-hybridized carbons (Fsp3) is 0. The molecular formula is C16H10Cl2N4O3. The van der Waals surface area contributed by atoms with Gasteiger partial charge in [0, 0.05) is 24.0 Å². The summed E-state index contributed by atoms with van der Waals surface area (Å²) in [4.78, 5) is 28.3. The Labute approximate surface area is 151 Å². The van der Waals surface area contributed by atoms with Gasteiger partial charge in [-0.15, -0.1) is 0 Å². The Kier molecular flexibility index (Phi) is 4.97. The molecule has 0 aliphatic rings. The quantitative estimate of drug-likeness (QED) is 0.719. The summed E-state index contributed by atoms with van der Waals surface area (Å²) in [7, 11) is 0. The lowest BCUT2D eigenvalue weighted by Crippen LogP contribution is -2.15. The van der Waals surface area contributed by atoms with E-state index in [0.29, 0.717) is 5.69 Å². The number of anilines is 2. The molecule has 0 spiro atoms. The van der Waals surface area contributed by atoms with Crippen LogP contribution in [0.1, 0.15) is 20.9 Å². The second kappa shape index (κ2) is 7.33. The Morgan fingerprint density at radius 1 is 0.960 bits per heavy atom. The van der Waals surface area contributed by atoms with Crippen molar-refractivity contribution in [2.45, 2.75) is 0 Å². The average Bonchev–Trinajstić information content (AvgIpc) is 3.09. The Balaban J connectivity index is 1.76. The summed E-state index contributed by atoms with van der Waals surface area (Å²) in [5, 5.41) is 9.11. The monoisotopic (exact) mass is 376 g/mol. The van der Waals surface area contributed by atoms with Gasteiger partial charge in [0.1, 0.15) is 5.82 Å². The minimum atomic E-state index is -0.511. The smallest absolute Gasteiger partial charge is 0.295 e. The van der Waals surface area contributed by atoms with Crippen molar-refractivity contribution in [1.82, 2.24) is 10.1 Å². The van der Waals surface area contributed by atoms with E-state index in [0.717, 1.165) is 0 Å². The molecule has 0 aliphatic heterocycles. The third-order valence-corrected chi connectivity index (χ3v) is 3.74. The molecule has 2 N–H and O–H groups in total. The van der Waals surface area contributed by atoms with Crippen molar-refractivity contribution >= 4 is 46.5 Å². The molecule has 0 atom stereocenters. The van der Waals surface area contributed by atoms with Crippen LogP contribution in [0.4, 0.5) is 11.5 Å². The van der Waals surface area contributed by atoms with Crippen LogP contribution in [-0.4, -0.2) is 22.0 Å². The van der Waals surface area contributed by atoms with E-state index in [1.807, 2.05) is 0 Å². The highest BCUT2D eigenvalue weighted by atomic mass is 35.5. The van der Waals surface area contributed by atoms with Gasteiger partial charge in [-0.25, -0.2) is 4.98 Å². The van der Waals surface area contributed by atoms with Gasteiger partial charge >= 0.3 is 0 Å². The molecule has 126 valence electrons. The van der Waals surface area contributed by atoms with Crippen molar-refractivity contribution < 1.29 is 14.1 Å². The van der Waals surface area contributed by atoms with E-state index < -0.39 is 11.8 Å². The fourth-order valence-corrected chi connectivity index (χ4v) is 2.56. The standard InChI is InChI=1S/C16H10Cl2N4O3/c17-10-2-1-3-11(18)14(10)16(24)21-9-4-6-19-13(8-9)22-15(23)12-5-7-20-25-12/h1-8H,(H2,19,21,22,23,24). The number of hydrogen-bond acceptors (Lipinski definition) is 5. The molecule has 0 radical (unpaired) electrons. The minimum absolute atomic E-state index is 0.0408. The van der Waals surface area contributed by atoms with Gasteiger partial charge in [0.05, 0.1) is 21.8 Å². The molecule has 0 fully saturated rings. The van der Waals surface area contributed by atoms with E-state index in [2.05, 4.69) is 20.8 Å². The maximum absolute atomic E-state index is 12.4. The molecule has 2 amide bonds. The Morgan fingerprint density at radius 2 is 1.72 bits per heavy atom. The molecular weight excluding hydrogens is 367 g/mol. The highest BCUT2D eigenvalue weighted by Gasteiger charge is 2.15. The van der Waals surface area contributed by atoms with Crippen molar-refractivity contribution in [3.05, 3.63) is 70.2 Å². The Bertz CT molecular complexity index is 909. The number of carbonyl (C=O) groups excluding carboxylic acids is 2. The summed E-state index contributed by atoms with van der Waals surface area (Å²) in [6.45, 7) is 0. The number of halogens is 2. The predicted molar refractivity (Wildman–Crippen MR) is 93.1 cm³/mol. The molecule has 3 rings (SSSR count). The van der Waals surface area contributed by atoms with E-state index in [1.165, 1.54) is 24.5 Å². The summed E-state index contributed by atoms with van der Waals surface area (Å²) in [5.74, 6) is -0.722. The molecule has 3 aromatic rings. The molecule has 7 nitrogen and oxygen atoms in total. The summed E-state index contributed by atoms with van der Waals surface area (Å²) < 4.78 is 4.76. The van der Waals surface area contributed by atoms with Gasteiger partial charge in [0.15, 0.2) is 0 Å². The van der Waals surface area contributed by atoms with Gasteiger partial charge in [-0.05, 0) is 18.2 Å². The predicted octanol–water partition coefficient (Wildman–Crippen LogP) is 3.88. The van der Waals surface area contributed by atoms with Crippen molar-refractivity contribution in [3.63, 3.8) is 0 Å². The molecule has 0 aliphatic carbocycles. The van der Waals surface area contributed by atoms with Gasteiger partial charge < -0.3 is 15.2 Å². The first-order chi connectivity index (χ1) is 12.0. The van der Waals surface area contributed by atoms with Gasteiger partial charge in [-0.3, -0.25) is 9.59 Å². The second-order valence-corrected chi connectivity index (χ2v) is 5.63. The van der Waals surface area contributed by atoms with Gasteiger partial charge in [-0.2, -0.15) is 0 Å². The number of hydrogen-bond donors (Lipinski definition) is 2. The lowest BCUT2D eigenvalue weighted by Gasteiger charge is -2.09. The van der Waals surface area contributed by atoms with E-state index in [-0.39, 0.29) is 27.2 Å². The second-order valence-electron chi connectivity index (χ2n) is 4.81. The summed E-state index contributed by atoms with van der Waals surface area (Å²) >= 11 is 12.0. The Hall–Kier alpha value is -2.90. The highest BCUT2D eigenvalue weighted by Crippen LogP contribution is 2.25. The lowest BCUT2D eigenvalue weighted by atomic mass is 10.2. The van der Waals surface area contributed by atoms with Crippen LogP contribution in [-0.2, 0) is 0 Å². The fourth-order valence-electron chi connectivity index (χ4n) is 2.00. The molecule has 0 saturated heterocycles. The third kappa shape index (κ3) is 3.96. The van der Waals surface area contributed by atoms with Gasteiger partial charge in [0.2, 0.25) is 5.76 Å². The van der Waals surface area contributed by atoms with E-state index >= 15 is 0 Å². The zero-order valence-electron chi connectivity index (χ0n) is 12.5. The topological polar surface area (TPSA) is 97.1 Å². The van der Waals surface area contributed by atoms with Crippen molar-refractivity contribution in [3.8, 4) is 0 Å². The van der Waals surface area contributed by atoms with Crippen molar-refractivity contribution in [2.24, 2.45) is 0 Å². The molecule has 2 aromatic heterocycles. The normalized spacial score (nSPS) is 10.3.